The van der Waals surface area contributed by atoms with Crippen molar-refractivity contribution >= 4 is 5.69 Å². The molecule has 1 fully saturated rings. The van der Waals surface area contributed by atoms with Crippen molar-refractivity contribution in [2.75, 3.05) is 18.0 Å². The molecule has 0 aliphatic carbocycles. The fourth-order valence-corrected chi connectivity index (χ4v) is 2.77. The van der Waals surface area contributed by atoms with E-state index in [1.807, 2.05) is 18.5 Å². The zero-order valence-electron chi connectivity index (χ0n) is 12.9. The molecule has 1 aromatic heterocycles. The molecule has 0 amide bonds. The molecule has 2 heterocycles. The van der Waals surface area contributed by atoms with Gasteiger partial charge in [-0.25, -0.2) is 0 Å². The number of aromatic nitrogens is 1. The highest BCUT2D eigenvalue weighted by molar-refractivity contribution is 5.46. The van der Waals surface area contributed by atoms with Crippen molar-refractivity contribution in [3.05, 3.63) is 24.5 Å². The van der Waals surface area contributed by atoms with Gasteiger partial charge in [0, 0.05) is 31.4 Å². The fraction of sp³-hybridized carbons (Fsp3) is 0.688. The summed E-state index contributed by atoms with van der Waals surface area (Å²) >= 11 is 0. The Labute approximate surface area is 117 Å². The molecule has 106 valence electrons. The van der Waals surface area contributed by atoms with Crippen molar-refractivity contribution in [2.45, 2.75) is 46.7 Å². The Kier molecular flexibility index (Phi) is 4.14. The zero-order valence-corrected chi connectivity index (χ0v) is 12.9. The molecule has 0 radical (unpaired) electrons. The number of rotatable bonds is 2. The van der Waals surface area contributed by atoms with Gasteiger partial charge in [0.05, 0.1) is 11.9 Å². The monoisotopic (exact) mass is 261 g/mol. The molecule has 1 aromatic rings. The van der Waals surface area contributed by atoms with Gasteiger partial charge in [0.2, 0.25) is 0 Å². The Hall–Kier alpha value is -1.09. The van der Waals surface area contributed by atoms with E-state index in [4.69, 9.17) is 0 Å². The van der Waals surface area contributed by atoms with Crippen molar-refractivity contribution in [1.82, 2.24) is 10.3 Å². The van der Waals surface area contributed by atoms with Crippen molar-refractivity contribution in [2.24, 2.45) is 11.3 Å². The number of hydrogen-bond donors (Lipinski definition) is 1. The zero-order chi connectivity index (χ0) is 14.0. The summed E-state index contributed by atoms with van der Waals surface area (Å²) in [5.74, 6) is 0.633. The summed E-state index contributed by atoms with van der Waals surface area (Å²) in [5.41, 5.74) is 1.53. The van der Waals surface area contributed by atoms with Crippen LogP contribution in [0, 0.1) is 11.3 Å². The highest BCUT2D eigenvalue weighted by atomic mass is 15.2. The first-order valence-corrected chi connectivity index (χ1v) is 7.29. The molecule has 3 heteroatoms. The molecule has 1 saturated heterocycles. The second-order valence-corrected chi connectivity index (χ2v) is 7.00. The van der Waals surface area contributed by atoms with Gasteiger partial charge in [0.1, 0.15) is 0 Å². The lowest BCUT2D eigenvalue weighted by Gasteiger charge is -2.47. The Morgan fingerprint density at radius 1 is 1.37 bits per heavy atom. The van der Waals surface area contributed by atoms with Gasteiger partial charge in [-0.05, 0) is 23.5 Å². The topological polar surface area (TPSA) is 28.2 Å². The molecule has 1 aliphatic heterocycles. The van der Waals surface area contributed by atoms with Crippen LogP contribution in [0.4, 0.5) is 5.69 Å². The first-order chi connectivity index (χ1) is 8.89. The predicted octanol–water partition coefficient (Wildman–Crippen LogP) is 2.93. The van der Waals surface area contributed by atoms with Crippen molar-refractivity contribution < 1.29 is 0 Å². The third kappa shape index (κ3) is 3.27. The summed E-state index contributed by atoms with van der Waals surface area (Å²) in [6, 6.07) is 5.26. The van der Waals surface area contributed by atoms with Crippen LogP contribution < -0.4 is 10.2 Å². The second kappa shape index (κ2) is 5.49. The Bertz CT molecular complexity index is 394. The van der Waals surface area contributed by atoms with E-state index in [1.54, 1.807) is 0 Å². The van der Waals surface area contributed by atoms with Gasteiger partial charge in [-0.15, -0.1) is 0 Å². The van der Waals surface area contributed by atoms with Crippen LogP contribution in [0.2, 0.25) is 0 Å². The van der Waals surface area contributed by atoms with E-state index < -0.39 is 0 Å². The maximum absolute atomic E-state index is 4.28. The lowest BCUT2D eigenvalue weighted by atomic mass is 9.83. The second-order valence-electron chi connectivity index (χ2n) is 7.00. The SMILES string of the molecule is CC(C)C1CNC(C(C)(C)C)CN1c1cccnc1. The molecule has 0 saturated carbocycles. The van der Waals surface area contributed by atoms with Gasteiger partial charge < -0.3 is 10.2 Å². The minimum atomic E-state index is 0.280. The molecule has 0 bridgehead atoms. The molecule has 1 aliphatic rings. The minimum absolute atomic E-state index is 0.280. The van der Waals surface area contributed by atoms with E-state index in [2.05, 4.69) is 55.9 Å². The standard InChI is InChI=1S/C16H27N3/c1-12(2)14-10-18-15(16(3,4)5)11-19(14)13-7-6-8-17-9-13/h6-9,12,14-15,18H,10-11H2,1-5H3. The molecular weight excluding hydrogens is 234 g/mol. The van der Waals surface area contributed by atoms with Gasteiger partial charge in [-0.3, -0.25) is 4.98 Å². The molecule has 2 unspecified atom stereocenters. The summed E-state index contributed by atoms with van der Waals surface area (Å²) in [5, 5.41) is 3.73. The molecule has 1 N–H and O–H groups in total. The van der Waals surface area contributed by atoms with Crippen LogP contribution in [0.15, 0.2) is 24.5 Å². The van der Waals surface area contributed by atoms with Crippen molar-refractivity contribution in [3.8, 4) is 0 Å². The van der Waals surface area contributed by atoms with Crippen LogP contribution >= 0.6 is 0 Å². The first kappa shape index (κ1) is 14.3. The summed E-state index contributed by atoms with van der Waals surface area (Å²) in [4.78, 5) is 6.81. The lowest BCUT2D eigenvalue weighted by Crippen LogP contribution is -2.62. The highest BCUT2D eigenvalue weighted by Gasteiger charge is 2.35. The molecule has 3 nitrogen and oxygen atoms in total. The third-order valence-electron chi connectivity index (χ3n) is 4.15. The van der Waals surface area contributed by atoms with Gasteiger partial charge in [0.15, 0.2) is 0 Å². The van der Waals surface area contributed by atoms with Crippen LogP contribution in [-0.2, 0) is 0 Å². The van der Waals surface area contributed by atoms with Crippen LogP contribution in [0.25, 0.3) is 0 Å². The smallest absolute Gasteiger partial charge is 0.0556 e. The van der Waals surface area contributed by atoms with E-state index in [0.717, 1.165) is 13.1 Å². The number of nitrogens with zero attached hydrogens (tertiary/aromatic N) is 2. The minimum Gasteiger partial charge on any atom is -0.364 e. The van der Waals surface area contributed by atoms with Crippen LogP contribution in [0.3, 0.4) is 0 Å². The first-order valence-electron chi connectivity index (χ1n) is 7.29. The summed E-state index contributed by atoms with van der Waals surface area (Å²) in [6.07, 6.45) is 3.83. The average Bonchev–Trinajstić information content (AvgIpc) is 2.38. The number of hydrogen-bond acceptors (Lipinski definition) is 3. The molecule has 19 heavy (non-hydrogen) atoms. The van der Waals surface area contributed by atoms with Crippen LogP contribution in [0.1, 0.15) is 34.6 Å². The van der Waals surface area contributed by atoms with Gasteiger partial charge >= 0.3 is 0 Å². The Morgan fingerprint density at radius 2 is 2.11 bits per heavy atom. The molecule has 2 atom stereocenters. The van der Waals surface area contributed by atoms with E-state index in [-0.39, 0.29) is 5.41 Å². The summed E-state index contributed by atoms with van der Waals surface area (Å²) in [6.45, 7) is 13.6. The Morgan fingerprint density at radius 3 is 2.63 bits per heavy atom. The normalized spacial score (nSPS) is 24.8. The quantitative estimate of drug-likeness (QED) is 0.887. The predicted molar refractivity (Wildman–Crippen MR) is 81.5 cm³/mol. The van der Waals surface area contributed by atoms with Gasteiger partial charge in [0.25, 0.3) is 0 Å². The van der Waals surface area contributed by atoms with Gasteiger partial charge in [-0.2, -0.15) is 0 Å². The molecule has 2 rings (SSSR count). The molecule has 0 aromatic carbocycles. The van der Waals surface area contributed by atoms with Crippen molar-refractivity contribution in [3.63, 3.8) is 0 Å². The number of anilines is 1. The van der Waals surface area contributed by atoms with Gasteiger partial charge in [-0.1, -0.05) is 34.6 Å². The van der Waals surface area contributed by atoms with E-state index in [0.29, 0.717) is 18.0 Å². The maximum Gasteiger partial charge on any atom is 0.0556 e. The number of pyridine rings is 1. The van der Waals surface area contributed by atoms with E-state index >= 15 is 0 Å². The summed E-state index contributed by atoms with van der Waals surface area (Å²) in [7, 11) is 0. The summed E-state index contributed by atoms with van der Waals surface area (Å²) < 4.78 is 0. The fourth-order valence-electron chi connectivity index (χ4n) is 2.77. The largest absolute Gasteiger partial charge is 0.364 e. The average molecular weight is 261 g/mol. The third-order valence-corrected chi connectivity index (χ3v) is 4.15. The maximum atomic E-state index is 4.28. The van der Waals surface area contributed by atoms with E-state index in [1.165, 1.54) is 5.69 Å². The lowest BCUT2D eigenvalue weighted by molar-refractivity contribution is 0.221. The number of nitrogens with one attached hydrogen (secondary N) is 1. The highest BCUT2D eigenvalue weighted by Crippen LogP contribution is 2.28. The molecule has 0 spiro atoms. The molecular formula is C16H27N3. The van der Waals surface area contributed by atoms with E-state index in [9.17, 15) is 0 Å². The number of piperazine rings is 1. The Balaban J connectivity index is 2.23. The van der Waals surface area contributed by atoms with Crippen LogP contribution in [0.5, 0.6) is 0 Å². The van der Waals surface area contributed by atoms with Crippen molar-refractivity contribution in [1.29, 1.82) is 0 Å². The van der Waals surface area contributed by atoms with Crippen LogP contribution in [-0.4, -0.2) is 30.2 Å².